The van der Waals surface area contributed by atoms with Gasteiger partial charge in [-0.2, -0.15) is 5.10 Å². The molecular formula is C22H23FN4O2. The molecule has 1 fully saturated rings. The van der Waals surface area contributed by atoms with Crippen LogP contribution in [0.4, 0.5) is 4.39 Å². The first-order valence-electron chi connectivity index (χ1n) is 9.60. The number of likely N-dealkylation sites (N-methyl/N-ethyl adjacent to an activating group) is 1. The van der Waals surface area contributed by atoms with E-state index in [0.717, 1.165) is 18.7 Å². The van der Waals surface area contributed by atoms with E-state index in [-0.39, 0.29) is 17.4 Å². The Hall–Kier alpha value is -3.19. The number of ether oxygens (including phenoxy) is 1. The minimum Gasteiger partial charge on any atom is -0.485 e. The fourth-order valence-corrected chi connectivity index (χ4v) is 3.23. The van der Waals surface area contributed by atoms with Gasteiger partial charge in [0.15, 0.2) is 11.4 Å². The first-order valence-corrected chi connectivity index (χ1v) is 9.60. The lowest BCUT2D eigenvalue weighted by atomic mass is 10.2. The molecular weight excluding hydrogens is 371 g/mol. The summed E-state index contributed by atoms with van der Waals surface area (Å²) in [6.07, 6.45) is 1.68. The van der Waals surface area contributed by atoms with Crippen molar-refractivity contribution in [2.24, 2.45) is 0 Å². The number of hydrogen-bond acceptors (Lipinski definition) is 4. The smallest absolute Gasteiger partial charge is 0.278 e. The summed E-state index contributed by atoms with van der Waals surface area (Å²) in [5.41, 5.74) is 1.93. The summed E-state index contributed by atoms with van der Waals surface area (Å²) in [6.45, 7) is 3.28. The van der Waals surface area contributed by atoms with Crippen LogP contribution < -0.4 is 4.74 Å². The molecule has 0 radical (unpaired) electrons. The van der Waals surface area contributed by atoms with E-state index in [1.807, 2.05) is 37.4 Å². The van der Waals surface area contributed by atoms with E-state index in [9.17, 15) is 9.18 Å². The Morgan fingerprint density at radius 1 is 1.03 bits per heavy atom. The number of amides is 1. The maximum Gasteiger partial charge on any atom is 0.278 e. The Balaban J connectivity index is 1.61. The molecule has 7 heteroatoms. The van der Waals surface area contributed by atoms with Crippen molar-refractivity contribution in [1.82, 2.24) is 19.6 Å². The standard InChI is InChI=1S/C22H23FN4O2/c1-25-11-13-26(14-12-25)22(28)21-20(29-16-17-5-3-2-4-6-17)15-27(24-21)19-9-7-18(23)8-10-19/h2-10,15H,11-14,16H2,1H3. The van der Waals surface area contributed by atoms with Crippen molar-refractivity contribution in [3.63, 3.8) is 0 Å². The molecule has 0 spiro atoms. The number of piperazine rings is 1. The second kappa shape index (κ2) is 8.45. The molecule has 0 aliphatic carbocycles. The van der Waals surface area contributed by atoms with Gasteiger partial charge in [0.1, 0.15) is 12.4 Å². The molecule has 0 N–H and O–H groups in total. The maximum atomic E-state index is 13.3. The SMILES string of the molecule is CN1CCN(C(=O)c2nn(-c3ccc(F)cc3)cc2OCc2ccccc2)CC1. The molecule has 1 aromatic heterocycles. The van der Waals surface area contributed by atoms with Crippen LogP contribution in [0.5, 0.6) is 5.75 Å². The number of rotatable bonds is 5. The van der Waals surface area contributed by atoms with Gasteiger partial charge in [0.05, 0.1) is 11.9 Å². The molecule has 0 unspecified atom stereocenters. The van der Waals surface area contributed by atoms with E-state index >= 15 is 0 Å². The van der Waals surface area contributed by atoms with Crippen LogP contribution in [0.2, 0.25) is 0 Å². The minimum atomic E-state index is -0.324. The third-order valence-corrected chi connectivity index (χ3v) is 5.00. The predicted molar refractivity (Wildman–Crippen MR) is 108 cm³/mol. The van der Waals surface area contributed by atoms with Gasteiger partial charge in [0.2, 0.25) is 0 Å². The molecule has 2 aromatic carbocycles. The number of carbonyl (C=O) groups excluding carboxylic acids is 1. The van der Waals surface area contributed by atoms with Crippen molar-refractivity contribution in [2.75, 3.05) is 33.2 Å². The van der Waals surface area contributed by atoms with Crippen molar-refractivity contribution in [2.45, 2.75) is 6.61 Å². The molecule has 29 heavy (non-hydrogen) atoms. The lowest BCUT2D eigenvalue weighted by molar-refractivity contribution is 0.0653. The van der Waals surface area contributed by atoms with Gasteiger partial charge in [-0.25, -0.2) is 9.07 Å². The predicted octanol–water partition coefficient (Wildman–Crippen LogP) is 2.98. The van der Waals surface area contributed by atoms with Crippen LogP contribution >= 0.6 is 0 Å². The first kappa shape index (κ1) is 19.1. The third kappa shape index (κ3) is 4.46. The van der Waals surface area contributed by atoms with Crippen molar-refractivity contribution in [3.05, 3.63) is 77.9 Å². The molecule has 4 rings (SSSR count). The van der Waals surface area contributed by atoms with E-state index in [1.54, 1.807) is 27.9 Å². The Morgan fingerprint density at radius 3 is 2.41 bits per heavy atom. The molecule has 0 saturated carbocycles. The van der Waals surface area contributed by atoms with Crippen LogP contribution in [0.1, 0.15) is 16.1 Å². The van der Waals surface area contributed by atoms with Gasteiger partial charge in [0.25, 0.3) is 5.91 Å². The Bertz CT molecular complexity index is 964. The lowest BCUT2D eigenvalue weighted by Gasteiger charge is -2.32. The van der Waals surface area contributed by atoms with Crippen LogP contribution in [0.25, 0.3) is 5.69 Å². The summed E-state index contributed by atoms with van der Waals surface area (Å²) in [6, 6.07) is 15.7. The van der Waals surface area contributed by atoms with Crippen molar-refractivity contribution >= 4 is 5.91 Å². The van der Waals surface area contributed by atoms with Gasteiger partial charge >= 0.3 is 0 Å². The Labute approximate surface area is 169 Å². The summed E-state index contributed by atoms with van der Waals surface area (Å²) in [5, 5.41) is 4.48. The number of aromatic nitrogens is 2. The highest BCUT2D eigenvalue weighted by Crippen LogP contribution is 2.23. The van der Waals surface area contributed by atoms with Crippen molar-refractivity contribution in [3.8, 4) is 11.4 Å². The van der Waals surface area contributed by atoms with Crippen molar-refractivity contribution < 1.29 is 13.9 Å². The zero-order chi connectivity index (χ0) is 20.2. The molecule has 3 aromatic rings. The number of benzene rings is 2. The molecule has 2 heterocycles. The molecule has 0 bridgehead atoms. The summed E-state index contributed by atoms with van der Waals surface area (Å²) in [4.78, 5) is 17.1. The largest absolute Gasteiger partial charge is 0.485 e. The maximum absolute atomic E-state index is 13.3. The average Bonchev–Trinajstić information content (AvgIpc) is 3.18. The highest BCUT2D eigenvalue weighted by Gasteiger charge is 2.26. The Kier molecular flexibility index (Phi) is 5.57. The zero-order valence-corrected chi connectivity index (χ0v) is 16.3. The topological polar surface area (TPSA) is 50.6 Å². The highest BCUT2D eigenvalue weighted by atomic mass is 19.1. The fourth-order valence-electron chi connectivity index (χ4n) is 3.23. The number of hydrogen-bond donors (Lipinski definition) is 0. The number of nitrogens with zero attached hydrogens (tertiary/aromatic N) is 4. The molecule has 1 amide bonds. The normalized spacial score (nSPS) is 14.8. The summed E-state index contributed by atoms with van der Waals surface area (Å²) >= 11 is 0. The van der Waals surface area contributed by atoms with E-state index in [0.29, 0.717) is 31.1 Å². The Morgan fingerprint density at radius 2 is 1.72 bits per heavy atom. The van der Waals surface area contributed by atoms with Crippen LogP contribution in [-0.2, 0) is 6.61 Å². The molecule has 150 valence electrons. The van der Waals surface area contributed by atoms with E-state index < -0.39 is 0 Å². The fraction of sp³-hybridized carbons (Fsp3) is 0.273. The van der Waals surface area contributed by atoms with Crippen LogP contribution in [0, 0.1) is 5.82 Å². The first-order chi connectivity index (χ1) is 14.1. The molecule has 6 nitrogen and oxygen atoms in total. The second-order valence-electron chi connectivity index (χ2n) is 7.13. The monoisotopic (exact) mass is 394 g/mol. The average molecular weight is 394 g/mol. The van der Waals surface area contributed by atoms with E-state index in [1.165, 1.54) is 12.1 Å². The van der Waals surface area contributed by atoms with Gasteiger partial charge in [-0.3, -0.25) is 4.79 Å². The van der Waals surface area contributed by atoms with Gasteiger partial charge in [0, 0.05) is 26.2 Å². The number of halogens is 1. The number of carbonyl (C=O) groups is 1. The lowest BCUT2D eigenvalue weighted by Crippen LogP contribution is -2.47. The second-order valence-corrected chi connectivity index (χ2v) is 7.13. The highest BCUT2D eigenvalue weighted by molar-refractivity contribution is 5.95. The van der Waals surface area contributed by atoms with Gasteiger partial charge in [-0.15, -0.1) is 0 Å². The van der Waals surface area contributed by atoms with Crippen molar-refractivity contribution in [1.29, 1.82) is 0 Å². The van der Waals surface area contributed by atoms with Crippen LogP contribution in [0.3, 0.4) is 0 Å². The summed E-state index contributed by atoms with van der Waals surface area (Å²) < 4.78 is 20.8. The summed E-state index contributed by atoms with van der Waals surface area (Å²) in [7, 11) is 2.04. The van der Waals surface area contributed by atoms with E-state index in [2.05, 4.69) is 10.00 Å². The quantitative estimate of drug-likeness (QED) is 0.668. The van der Waals surface area contributed by atoms with Crippen LogP contribution in [0.15, 0.2) is 60.8 Å². The van der Waals surface area contributed by atoms with Crippen LogP contribution in [-0.4, -0.2) is 58.7 Å². The molecule has 1 aliphatic heterocycles. The molecule has 1 saturated heterocycles. The summed E-state index contributed by atoms with van der Waals surface area (Å²) in [5.74, 6) is -0.0562. The van der Waals surface area contributed by atoms with Gasteiger partial charge in [-0.1, -0.05) is 30.3 Å². The zero-order valence-electron chi connectivity index (χ0n) is 16.3. The van der Waals surface area contributed by atoms with Gasteiger partial charge in [-0.05, 0) is 36.9 Å². The third-order valence-electron chi connectivity index (χ3n) is 5.00. The minimum absolute atomic E-state index is 0.151. The van der Waals surface area contributed by atoms with Gasteiger partial charge < -0.3 is 14.5 Å². The molecule has 0 atom stereocenters. The molecule has 1 aliphatic rings. The van der Waals surface area contributed by atoms with E-state index in [4.69, 9.17) is 4.74 Å².